The second kappa shape index (κ2) is 7.47. The van der Waals surface area contributed by atoms with Gasteiger partial charge in [0.1, 0.15) is 5.41 Å². The number of aromatic nitrogens is 2. The van der Waals surface area contributed by atoms with Crippen LogP contribution in [0.2, 0.25) is 0 Å². The SMILES string of the molecule is CC1(C(=O)N[C@@H]2CCCC[C@H]2N2Cc3ccc(-c4noc(C(F)(F)F)n4)cc3C2=O)CC1(F)F. The smallest absolute Gasteiger partial charge is 0.351 e. The van der Waals surface area contributed by atoms with Gasteiger partial charge in [-0.1, -0.05) is 30.1 Å². The quantitative estimate of drug-likeness (QED) is 0.658. The molecule has 1 aromatic heterocycles. The largest absolute Gasteiger partial charge is 0.471 e. The van der Waals surface area contributed by atoms with Gasteiger partial charge in [-0.15, -0.1) is 0 Å². The summed E-state index contributed by atoms with van der Waals surface area (Å²) in [5.41, 5.74) is -0.552. The highest BCUT2D eigenvalue weighted by Gasteiger charge is 2.72. The second-order valence-corrected chi connectivity index (χ2v) is 9.37. The highest BCUT2D eigenvalue weighted by molar-refractivity contribution is 5.99. The van der Waals surface area contributed by atoms with Gasteiger partial charge < -0.3 is 14.7 Å². The Hall–Kier alpha value is -3.05. The summed E-state index contributed by atoms with van der Waals surface area (Å²) in [5, 5.41) is 6.11. The van der Waals surface area contributed by atoms with Crippen LogP contribution in [-0.2, 0) is 17.5 Å². The maximum absolute atomic E-state index is 13.7. The molecule has 1 aliphatic heterocycles. The lowest BCUT2D eigenvalue weighted by atomic mass is 9.88. The maximum atomic E-state index is 13.7. The normalized spacial score (nSPS) is 28.1. The molecule has 12 heteroatoms. The Morgan fingerprint density at radius 3 is 2.59 bits per heavy atom. The van der Waals surface area contributed by atoms with E-state index in [1.807, 2.05) is 0 Å². The molecular formula is C22H21F5N4O3. The van der Waals surface area contributed by atoms with E-state index in [4.69, 9.17) is 0 Å². The van der Waals surface area contributed by atoms with Crippen LogP contribution in [0.3, 0.4) is 0 Å². The van der Waals surface area contributed by atoms with Crippen molar-refractivity contribution in [3.8, 4) is 11.4 Å². The molecule has 1 N–H and O–H groups in total. The molecular weight excluding hydrogens is 463 g/mol. The number of carbonyl (C=O) groups excluding carboxylic acids is 2. The number of benzene rings is 1. The number of hydrogen-bond donors (Lipinski definition) is 1. The van der Waals surface area contributed by atoms with Gasteiger partial charge in [0, 0.05) is 30.1 Å². The number of halogens is 5. The van der Waals surface area contributed by atoms with Crippen molar-refractivity contribution in [2.24, 2.45) is 5.41 Å². The van der Waals surface area contributed by atoms with Crippen LogP contribution >= 0.6 is 0 Å². The zero-order chi connectivity index (χ0) is 24.5. The third-order valence-electron chi connectivity index (χ3n) is 7.07. The van der Waals surface area contributed by atoms with Gasteiger partial charge in [-0.2, -0.15) is 18.2 Å². The zero-order valence-electron chi connectivity index (χ0n) is 18.1. The van der Waals surface area contributed by atoms with Crippen LogP contribution in [0.1, 0.15) is 60.8 Å². The Bertz CT molecular complexity index is 1160. The Labute approximate surface area is 190 Å². The minimum absolute atomic E-state index is 0.200. The van der Waals surface area contributed by atoms with E-state index in [0.29, 0.717) is 24.0 Å². The third-order valence-corrected chi connectivity index (χ3v) is 7.07. The number of carbonyl (C=O) groups is 2. The molecule has 1 aromatic carbocycles. The minimum Gasteiger partial charge on any atom is -0.351 e. The summed E-state index contributed by atoms with van der Waals surface area (Å²) in [6, 6.07) is 3.72. The van der Waals surface area contributed by atoms with Crippen molar-refractivity contribution < 1.29 is 36.1 Å². The first-order valence-corrected chi connectivity index (χ1v) is 10.9. The van der Waals surface area contributed by atoms with Crippen molar-refractivity contribution in [2.45, 2.75) is 69.8 Å². The van der Waals surface area contributed by atoms with Gasteiger partial charge in [0.2, 0.25) is 11.7 Å². The van der Waals surface area contributed by atoms with Crippen molar-refractivity contribution in [1.29, 1.82) is 0 Å². The molecule has 0 radical (unpaired) electrons. The number of rotatable bonds is 4. The highest BCUT2D eigenvalue weighted by Crippen LogP contribution is 2.60. The second-order valence-electron chi connectivity index (χ2n) is 9.37. The molecule has 2 aromatic rings. The van der Waals surface area contributed by atoms with Crippen LogP contribution in [0.5, 0.6) is 0 Å². The first kappa shape index (κ1) is 22.7. The molecule has 2 aliphatic carbocycles. The molecule has 182 valence electrons. The van der Waals surface area contributed by atoms with E-state index in [1.165, 1.54) is 19.1 Å². The molecule has 5 rings (SSSR count). The summed E-state index contributed by atoms with van der Waals surface area (Å²) in [6.45, 7) is 1.49. The van der Waals surface area contributed by atoms with Gasteiger partial charge in [0.25, 0.3) is 11.8 Å². The van der Waals surface area contributed by atoms with Crippen molar-refractivity contribution in [1.82, 2.24) is 20.4 Å². The van der Waals surface area contributed by atoms with Gasteiger partial charge in [0.05, 0.1) is 6.04 Å². The fraction of sp³-hybridized carbons (Fsp3) is 0.545. The lowest BCUT2D eigenvalue weighted by Gasteiger charge is -2.38. The standard InChI is InChI=1S/C22H21F5N4O3/c1-20(10-21(20,23)24)18(33)28-14-4-2-3-5-15(14)31-9-12-7-6-11(8-13(12)17(31)32)16-29-19(34-30-16)22(25,26)27/h6-8,14-15H,2-5,9-10H2,1H3,(H,28,33)/t14-,15-,20?/m1/s1. The number of amides is 2. The number of fused-ring (bicyclic) bond motifs is 1. The van der Waals surface area contributed by atoms with E-state index < -0.39 is 41.8 Å². The Morgan fingerprint density at radius 1 is 1.24 bits per heavy atom. The number of alkyl halides is 5. The molecule has 2 heterocycles. The van der Waals surface area contributed by atoms with Crippen molar-refractivity contribution in [2.75, 3.05) is 0 Å². The van der Waals surface area contributed by atoms with Gasteiger partial charge in [-0.05, 0) is 31.4 Å². The van der Waals surface area contributed by atoms with Crippen LogP contribution in [0.25, 0.3) is 11.4 Å². The average Bonchev–Trinajstić information content (AvgIpc) is 3.14. The van der Waals surface area contributed by atoms with Crippen molar-refractivity contribution in [3.05, 3.63) is 35.2 Å². The highest BCUT2D eigenvalue weighted by atomic mass is 19.4. The average molecular weight is 484 g/mol. The molecule has 3 aliphatic rings. The van der Waals surface area contributed by atoms with E-state index in [-0.39, 0.29) is 29.9 Å². The summed E-state index contributed by atoms with van der Waals surface area (Å²) in [5.74, 6) is -5.85. The van der Waals surface area contributed by atoms with Crippen molar-refractivity contribution >= 4 is 11.8 Å². The lowest BCUT2D eigenvalue weighted by Crippen LogP contribution is -2.54. The molecule has 1 unspecified atom stereocenters. The molecule has 34 heavy (non-hydrogen) atoms. The first-order chi connectivity index (χ1) is 15.9. The van der Waals surface area contributed by atoms with Gasteiger partial charge in [-0.25, -0.2) is 8.78 Å². The summed E-state index contributed by atoms with van der Waals surface area (Å²) in [4.78, 5) is 30.7. The molecule has 2 fully saturated rings. The summed E-state index contributed by atoms with van der Waals surface area (Å²) in [6.07, 6.45) is -2.49. The number of nitrogens with one attached hydrogen (secondary N) is 1. The van der Waals surface area contributed by atoms with Gasteiger partial charge in [-0.3, -0.25) is 9.59 Å². The van der Waals surface area contributed by atoms with E-state index in [9.17, 15) is 31.5 Å². The molecule has 7 nitrogen and oxygen atoms in total. The monoisotopic (exact) mass is 484 g/mol. The number of hydrogen-bond acceptors (Lipinski definition) is 5. The van der Waals surface area contributed by atoms with E-state index in [2.05, 4.69) is 20.0 Å². The zero-order valence-corrected chi connectivity index (χ0v) is 18.1. The number of nitrogens with zero attached hydrogens (tertiary/aromatic N) is 3. The van der Waals surface area contributed by atoms with E-state index >= 15 is 0 Å². The van der Waals surface area contributed by atoms with Crippen LogP contribution in [0, 0.1) is 5.41 Å². The summed E-state index contributed by atoms with van der Waals surface area (Å²) in [7, 11) is 0. The topological polar surface area (TPSA) is 88.3 Å². The van der Waals surface area contributed by atoms with Crippen LogP contribution < -0.4 is 5.32 Å². The Kier molecular flexibility index (Phi) is 5.00. The first-order valence-electron chi connectivity index (χ1n) is 10.9. The fourth-order valence-corrected chi connectivity index (χ4v) is 4.81. The summed E-state index contributed by atoms with van der Waals surface area (Å²) >= 11 is 0. The van der Waals surface area contributed by atoms with E-state index in [0.717, 1.165) is 12.8 Å². The molecule has 0 saturated heterocycles. The van der Waals surface area contributed by atoms with Gasteiger partial charge in [0.15, 0.2) is 0 Å². The predicted molar refractivity (Wildman–Crippen MR) is 106 cm³/mol. The van der Waals surface area contributed by atoms with Crippen LogP contribution in [-0.4, -0.2) is 44.9 Å². The Balaban J connectivity index is 1.35. The van der Waals surface area contributed by atoms with E-state index in [1.54, 1.807) is 11.0 Å². The molecule has 0 spiro atoms. The van der Waals surface area contributed by atoms with Crippen LogP contribution in [0.15, 0.2) is 22.7 Å². The lowest BCUT2D eigenvalue weighted by molar-refractivity contribution is -0.159. The third kappa shape index (κ3) is 3.63. The predicted octanol–water partition coefficient (Wildman–Crippen LogP) is 4.18. The summed E-state index contributed by atoms with van der Waals surface area (Å²) < 4.78 is 69.9. The molecule has 3 atom stereocenters. The van der Waals surface area contributed by atoms with Crippen molar-refractivity contribution in [3.63, 3.8) is 0 Å². The molecule has 2 amide bonds. The fourth-order valence-electron chi connectivity index (χ4n) is 4.81. The van der Waals surface area contributed by atoms with Gasteiger partial charge >= 0.3 is 12.1 Å². The molecule has 0 bridgehead atoms. The maximum Gasteiger partial charge on any atom is 0.471 e. The Morgan fingerprint density at radius 2 is 1.94 bits per heavy atom. The van der Waals surface area contributed by atoms with Crippen LogP contribution in [0.4, 0.5) is 22.0 Å². The molecule has 2 saturated carbocycles. The minimum atomic E-state index is -4.78.